The molecule has 102 valence electrons. The zero-order chi connectivity index (χ0) is 13.6. The fraction of sp³-hybridized carbons (Fsp3) is 0.583. The van der Waals surface area contributed by atoms with Gasteiger partial charge in [0.25, 0.3) is 0 Å². The van der Waals surface area contributed by atoms with Gasteiger partial charge in [0.2, 0.25) is 0 Å². The van der Waals surface area contributed by atoms with Crippen molar-refractivity contribution >= 4 is 0 Å². The molecule has 0 amide bonds. The summed E-state index contributed by atoms with van der Waals surface area (Å²) in [5.74, 6) is 0.127. The molecule has 0 spiro atoms. The average Bonchev–Trinajstić information content (AvgIpc) is 2.33. The molecule has 0 aliphatic carbocycles. The van der Waals surface area contributed by atoms with E-state index in [9.17, 15) is 13.2 Å². The van der Waals surface area contributed by atoms with Crippen LogP contribution in [0.1, 0.15) is 32.0 Å². The van der Waals surface area contributed by atoms with E-state index in [1.54, 1.807) is 6.07 Å². The molecule has 0 saturated carbocycles. The number of rotatable bonds is 6. The first kappa shape index (κ1) is 14.8. The van der Waals surface area contributed by atoms with E-state index >= 15 is 0 Å². The summed E-state index contributed by atoms with van der Waals surface area (Å²) >= 11 is 0. The third-order valence-corrected chi connectivity index (χ3v) is 2.38. The van der Waals surface area contributed by atoms with Crippen LogP contribution in [-0.2, 0) is 0 Å². The van der Waals surface area contributed by atoms with Gasteiger partial charge in [-0.05, 0) is 25.1 Å². The molecule has 1 N–H and O–H groups in total. The first-order valence-corrected chi connectivity index (χ1v) is 5.85. The van der Waals surface area contributed by atoms with Crippen LogP contribution in [0.2, 0.25) is 0 Å². The number of hydrogen-bond acceptors (Lipinski definition) is 3. The van der Waals surface area contributed by atoms with Crippen LogP contribution in [0.15, 0.2) is 18.3 Å². The predicted molar refractivity (Wildman–Crippen MR) is 62.5 cm³/mol. The Morgan fingerprint density at radius 3 is 2.50 bits per heavy atom. The van der Waals surface area contributed by atoms with Gasteiger partial charge in [0, 0.05) is 6.04 Å². The molecule has 3 nitrogen and oxygen atoms in total. The van der Waals surface area contributed by atoms with E-state index < -0.39 is 12.8 Å². The first-order valence-electron chi connectivity index (χ1n) is 5.85. The number of pyridine rings is 1. The highest BCUT2D eigenvalue weighted by Gasteiger charge is 2.28. The van der Waals surface area contributed by atoms with Crippen molar-refractivity contribution in [1.82, 2.24) is 10.3 Å². The minimum Gasteiger partial charge on any atom is -0.483 e. The van der Waals surface area contributed by atoms with Crippen LogP contribution in [0.4, 0.5) is 13.2 Å². The summed E-state index contributed by atoms with van der Waals surface area (Å²) in [4.78, 5) is 4.11. The topological polar surface area (TPSA) is 34.1 Å². The number of aromatic nitrogens is 1. The second-order valence-corrected chi connectivity index (χ2v) is 3.84. The molecule has 1 unspecified atom stereocenters. The maximum Gasteiger partial charge on any atom is 0.422 e. The Morgan fingerprint density at radius 1 is 1.33 bits per heavy atom. The van der Waals surface area contributed by atoms with Crippen molar-refractivity contribution in [3.63, 3.8) is 0 Å². The van der Waals surface area contributed by atoms with Crippen LogP contribution < -0.4 is 10.1 Å². The molecule has 1 aromatic rings. The predicted octanol–water partition coefficient (Wildman–Crippen LogP) is 3.08. The maximum atomic E-state index is 11.9. The normalized spacial score (nSPS) is 13.4. The van der Waals surface area contributed by atoms with E-state index in [4.69, 9.17) is 0 Å². The summed E-state index contributed by atoms with van der Waals surface area (Å²) in [5.41, 5.74) is 0.804. The Morgan fingerprint density at radius 2 is 2.06 bits per heavy atom. The molecule has 1 atom stereocenters. The van der Waals surface area contributed by atoms with Crippen LogP contribution in [0.25, 0.3) is 0 Å². The molecule has 0 aliphatic rings. The summed E-state index contributed by atoms with van der Waals surface area (Å²) in [5, 5.41) is 3.24. The van der Waals surface area contributed by atoms with Gasteiger partial charge in [0.15, 0.2) is 6.61 Å². The summed E-state index contributed by atoms with van der Waals surface area (Å²) < 4.78 is 40.4. The Kier molecular flexibility index (Phi) is 5.40. The Labute approximate surface area is 104 Å². The zero-order valence-corrected chi connectivity index (χ0v) is 10.4. The highest BCUT2D eigenvalue weighted by molar-refractivity contribution is 5.21. The number of alkyl halides is 3. The van der Waals surface area contributed by atoms with Gasteiger partial charge in [-0.3, -0.25) is 4.98 Å². The van der Waals surface area contributed by atoms with E-state index in [-0.39, 0.29) is 11.8 Å². The molecule has 0 saturated heterocycles. The number of halogens is 3. The first-order chi connectivity index (χ1) is 8.46. The molecular weight excluding hydrogens is 245 g/mol. The molecular formula is C12H17F3N2O. The third-order valence-electron chi connectivity index (χ3n) is 2.38. The molecule has 1 heterocycles. The van der Waals surface area contributed by atoms with Crippen LogP contribution in [0.5, 0.6) is 5.75 Å². The fourth-order valence-electron chi connectivity index (χ4n) is 1.55. The van der Waals surface area contributed by atoms with Crippen molar-refractivity contribution in [3.05, 3.63) is 24.0 Å². The number of ether oxygens (including phenoxy) is 1. The van der Waals surface area contributed by atoms with Gasteiger partial charge in [0.1, 0.15) is 5.75 Å². The second-order valence-electron chi connectivity index (χ2n) is 3.84. The van der Waals surface area contributed by atoms with Crippen LogP contribution >= 0.6 is 0 Å². The average molecular weight is 262 g/mol. The smallest absolute Gasteiger partial charge is 0.422 e. The molecule has 0 aliphatic heterocycles. The number of nitrogens with zero attached hydrogens (tertiary/aromatic N) is 1. The van der Waals surface area contributed by atoms with E-state index in [1.165, 1.54) is 12.3 Å². The van der Waals surface area contributed by atoms with Crippen LogP contribution in [0, 0.1) is 0 Å². The van der Waals surface area contributed by atoms with Gasteiger partial charge in [-0.2, -0.15) is 13.2 Å². The van der Waals surface area contributed by atoms with Crippen LogP contribution in [0.3, 0.4) is 0 Å². The van der Waals surface area contributed by atoms with Gasteiger partial charge >= 0.3 is 6.18 Å². The quantitative estimate of drug-likeness (QED) is 0.855. The second kappa shape index (κ2) is 6.58. The minimum absolute atomic E-state index is 0.117. The van der Waals surface area contributed by atoms with Crippen molar-refractivity contribution in [3.8, 4) is 5.75 Å². The lowest BCUT2D eigenvalue weighted by molar-refractivity contribution is -0.153. The van der Waals surface area contributed by atoms with Crippen molar-refractivity contribution in [2.45, 2.75) is 32.5 Å². The van der Waals surface area contributed by atoms with Gasteiger partial charge in [0.05, 0.1) is 11.9 Å². The van der Waals surface area contributed by atoms with Crippen molar-refractivity contribution < 1.29 is 17.9 Å². The summed E-state index contributed by atoms with van der Waals surface area (Å²) in [6.07, 6.45) is -2.14. The minimum atomic E-state index is -4.33. The van der Waals surface area contributed by atoms with Crippen molar-refractivity contribution in [2.75, 3.05) is 13.2 Å². The van der Waals surface area contributed by atoms with E-state index in [0.29, 0.717) is 0 Å². The van der Waals surface area contributed by atoms with Crippen molar-refractivity contribution in [1.29, 1.82) is 0 Å². The van der Waals surface area contributed by atoms with Crippen molar-refractivity contribution in [2.24, 2.45) is 0 Å². The van der Waals surface area contributed by atoms with Gasteiger partial charge < -0.3 is 10.1 Å². The van der Waals surface area contributed by atoms with Gasteiger partial charge in [-0.25, -0.2) is 0 Å². The standard InChI is InChI=1S/C12H17F3N2O/c1-3-10(16-4-2)11-6-5-9(7-17-11)18-8-12(13,14)15/h5-7,10,16H,3-4,8H2,1-2H3. The summed E-state index contributed by atoms with van der Waals surface area (Å²) in [6, 6.07) is 3.31. The van der Waals surface area contributed by atoms with E-state index in [1.807, 2.05) is 13.8 Å². The van der Waals surface area contributed by atoms with Crippen LogP contribution in [-0.4, -0.2) is 24.3 Å². The summed E-state index contributed by atoms with van der Waals surface area (Å²) in [7, 11) is 0. The molecule has 0 aromatic carbocycles. The fourth-order valence-corrected chi connectivity index (χ4v) is 1.55. The Hall–Kier alpha value is -1.30. The SMILES string of the molecule is CCNC(CC)c1ccc(OCC(F)(F)F)cn1. The van der Waals surface area contributed by atoms with E-state index in [0.717, 1.165) is 18.7 Å². The Balaban J connectivity index is 2.61. The molecule has 1 rings (SSSR count). The third kappa shape index (κ3) is 4.91. The Bertz CT molecular complexity index is 351. The maximum absolute atomic E-state index is 11.9. The zero-order valence-electron chi connectivity index (χ0n) is 10.4. The molecule has 0 fully saturated rings. The molecule has 18 heavy (non-hydrogen) atoms. The molecule has 1 aromatic heterocycles. The number of hydrogen-bond donors (Lipinski definition) is 1. The monoisotopic (exact) mass is 262 g/mol. The van der Waals surface area contributed by atoms with Gasteiger partial charge in [-0.15, -0.1) is 0 Å². The lowest BCUT2D eigenvalue weighted by Crippen LogP contribution is -2.21. The lowest BCUT2D eigenvalue weighted by Gasteiger charge is -2.15. The molecule has 6 heteroatoms. The van der Waals surface area contributed by atoms with Gasteiger partial charge in [-0.1, -0.05) is 13.8 Å². The highest BCUT2D eigenvalue weighted by atomic mass is 19.4. The molecule has 0 bridgehead atoms. The highest BCUT2D eigenvalue weighted by Crippen LogP contribution is 2.20. The lowest BCUT2D eigenvalue weighted by atomic mass is 10.1. The summed E-state index contributed by atoms with van der Waals surface area (Å²) in [6.45, 7) is 3.53. The number of nitrogens with one attached hydrogen (secondary N) is 1. The van der Waals surface area contributed by atoms with E-state index in [2.05, 4.69) is 15.0 Å². The molecule has 0 radical (unpaired) electrons. The largest absolute Gasteiger partial charge is 0.483 e.